The molecule has 0 aliphatic carbocycles. The molecule has 4 rings (SSSR count). The smallest absolute Gasteiger partial charge is 0.351 e. The molecule has 172 valence electrons. The Hall–Kier alpha value is -3.75. The fourth-order valence-electron chi connectivity index (χ4n) is 3.82. The Labute approximate surface area is 190 Å². The Morgan fingerprint density at radius 2 is 1.85 bits per heavy atom. The highest BCUT2D eigenvalue weighted by Crippen LogP contribution is 2.21. The lowest BCUT2D eigenvalue weighted by Gasteiger charge is -2.31. The van der Waals surface area contributed by atoms with Gasteiger partial charge in [-0.2, -0.15) is 0 Å². The number of likely N-dealkylation sites (tertiary alicyclic amines) is 1. The van der Waals surface area contributed by atoms with Gasteiger partial charge in [-0.3, -0.25) is 9.59 Å². The average Bonchev–Trinajstić information content (AvgIpc) is 3.34. The van der Waals surface area contributed by atoms with Crippen LogP contribution in [0.5, 0.6) is 0 Å². The number of amides is 2. The van der Waals surface area contributed by atoms with Crippen LogP contribution in [0.2, 0.25) is 0 Å². The fraction of sp³-hybridized carbons (Fsp3) is 0.333. The van der Waals surface area contributed by atoms with Crippen LogP contribution >= 0.6 is 0 Å². The van der Waals surface area contributed by atoms with Crippen LogP contribution in [-0.4, -0.2) is 54.2 Å². The molecule has 0 spiro atoms. The number of hydrogen-bond acceptors (Lipinski definition) is 6. The van der Waals surface area contributed by atoms with Gasteiger partial charge in [0.15, 0.2) is 6.61 Å². The molecule has 0 aromatic heterocycles. The Bertz CT molecular complexity index is 1050. The summed E-state index contributed by atoms with van der Waals surface area (Å²) in [5, 5.41) is 6.73. The second-order valence-electron chi connectivity index (χ2n) is 7.96. The maximum Gasteiger partial charge on any atom is 0.351 e. The second-order valence-corrected chi connectivity index (χ2v) is 7.96. The monoisotopic (exact) mass is 453 g/mol. The summed E-state index contributed by atoms with van der Waals surface area (Å²) in [6, 6.07) is 15.1. The molecule has 2 aliphatic rings. The van der Waals surface area contributed by atoms with Gasteiger partial charge in [-0.25, -0.2) is 9.18 Å². The molecular formula is C24H24FN3O5. The lowest BCUT2D eigenvalue weighted by atomic mass is 9.95. The fourth-order valence-corrected chi connectivity index (χ4v) is 3.82. The van der Waals surface area contributed by atoms with Crippen molar-refractivity contribution in [3.05, 3.63) is 66.0 Å². The predicted octanol–water partition coefficient (Wildman–Crippen LogP) is 2.74. The zero-order chi connectivity index (χ0) is 23.2. The molecule has 0 bridgehead atoms. The van der Waals surface area contributed by atoms with E-state index in [9.17, 15) is 18.8 Å². The quantitative estimate of drug-likeness (QED) is 0.679. The summed E-state index contributed by atoms with van der Waals surface area (Å²) in [6.45, 7) is 0.418. The largest absolute Gasteiger partial charge is 0.453 e. The van der Waals surface area contributed by atoms with Gasteiger partial charge in [-0.05, 0) is 37.1 Å². The number of anilines is 1. The van der Waals surface area contributed by atoms with Gasteiger partial charge in [0, 0.05) is 36.7 Å². The molecular weight excluding hydrogens is 429 g/mol. The van der Waals surface area contributed by atoms with Crippen molar-refractivity contribution >= 4 is 29.2 Å². The maximum absolute atomic E-state index is 13.4. The number of para-hydroxylation sites is 1. The van der Waals surface area contributed by atoms with Gasteiger partial charge in [0.2, 0.25) is 12.0 Å². The van der Waals surface area contributed by atoms with E-state index in [2.05, 4.69) is 10.5 Å². The molecule has 2 heterocycles. The SMILES string of the molecule is O=C(Nc1ccccc1)C1CCN(C(=O)COC(=O)C2CC(c3cccc(F)c3)=NO2)CC1. The summed E-state index contributed by atoms with van der Waals surface area (Å²) in [6.07, 6.45) is 0.242. The molecule has 2 amide bonds. The number of halogens is 1. The first-order valence-electron chi connectivity index (χ1n) is 10.8. The summed E-state index contributed by atoms with van der Waals surface area (Å²) >= 11 is 0. The second kappa shape index (κ2) is 10.2. The number of hydrogen-bond donors (Lipinski definition) is 1. The Kier molecular flexibility index (Phi) is 6.97. The summed E-state index contributed by atoms with van der Waals surface area (Å²) in [5.41, 5.74) is 1.71. The van der Waals surface area contributed by atoms with Crippen LogP contribution in [-0.2, 0) is 24.0 Å². The first-order valence-corrected chi connectivity index (χ1v) is 10.8. The molecule has 1 atom stereocenters. The molecule has 8 nitrogen and oxygen atoms in total. The van der Waals surface area contributed by atoms with E-state index in [-0.39, 0.29) is 24.2 Å². The number of nitrogens with one attached hydrogen (secondary N) is 1. The lowest BCUT2D eigenvalue weighted by molar-refractivity contribution is -0.161. The van der Waals surface area contributed by atoms with E-state index in [0.29, 0.717) is 37.2 Å². The predicted molar refractivity (Wildman–Crippen MR) is 118 cm³/mol. The molecule has 0 saturated carbocycles. The summed E-state index contributed by atoms with van der Waals surface area (Å²) in [5.74, 6) is -1.67. The van der Waals surface area contributed by atoms with Crippen molar-refractivity contribution in [1.82, 2.24) is 4.90 Å². The molecule has 2 aromatic carbocycles. The number of esters is 1. The van der Waals surface area contributed by atoms with Crippen molar-refractivity contribution in [3.8, 4) is 0 Å². The van der Waals surface area contributed by atoms with E-state index in [4.69, 9.17) is 9.57 Å². The number of carbonyl (C=O) groups is 3. The number of carbonyl (C=O) groups excluding carboxylic acids is 3. The van der Waals surface area contributed by atoms with Crippen LogP contribution in [0.15, 0.2) is 59.8 Å². The molecule has 2 aromatic rings. The van der Waals surface area contributed by atoms with E-state index in [1.807, 2.05) is 30.3 Å². The first kappa shape index (κ1) is 22.4. The zero-order valence-corrected chi connectivity index (χ0v) is 17.9. The van der Waals surface area contributed by atoms with Crippen LogP contribution < -0.4 is 5.32 Å². The molecule has 9 heteroatoms. The Morgan fingerprint density at radius 3 is 2.58 bits per heavy atom. The summed E-state index contributed by atoms with van der Waals surface area (Å²) < 4.78 is 18.5. The molecule has 1 unspecified atom stereocenters. The minimum absolute atomic E-state index is 0.0628. The molecule has 2 aliphatic heterocycles. The van der Waals surface area contributed by atoms with Crippen LogP contribution in [0.4, 0.5) is 10.1 Å². The number of piperidine rings is 1. The van der Waals surface area contributed by atoms with Gasteiger partial charge in [0.05, 0.1) is 5.71 Å². The molecule has 1 saturated heterocycles. The van der Waals surface area contributed by atoms with E-state index in [1.165, 1.54) is 12.1 Å². The average molecular weight is 453 g/mol. The Balaban J connectivity index is 1.18. The number of benzene rings is 2. The van der Waals surface area contributed by atoms with Gasteiger partial charge in [-0.15, -0.1) is 0 Å². The highest BCUT2D eigenvalue weighted by Gasteiger charge is 2.32. The van der Waals surface area contributed by atoms with Crippen LogP contribution in [0.3, 0.4) is 0 Å². The van der Waals surface area contributed by atoms with Crippen molar-refractivity contribution in [3.63, 3.8) is 0 Å². The highest BCUT2D eigenvalue weighted by molar-refractivity contribution is 6.03. The number of ether oxygens (including phenoxy) is 1. The van der Waals surface area contributed by atoms with Crippen molar-refractivity contribution < 1.29 is 28.3 Å². The van der Waals surface area contributed by atoms with Crippen LogP contribution in [0.1, 0.15) is 24.8 Å². The van der Waals surface area contributed by atoms with Crippen LogP contribution in [0.25, 0.3) is 0 Å². The van der Waals surface area contributed by atoms with E-state index in [0.717, 1.165) is 5.69 Å². The number of rotatable bonds is 6. The first-order chi connectivity index (χ1) is 16.0. The molecule has 33 heavy (non-hydrogen) atoms. The zero-order valence-electron chi connectivity index (χ0n) is 17.9. The minimum Gasteiger partial charge on any atom is -0.453 e. The Morgan fingerprint density at radius 1 is 1.09 bits per heavy atom. The molecule has 0 radical (unpaired) electrons. The van der Waals surface area contributed by atoms with Gasteiger partial charge >= 0.3 is 5.97 Å². The summed E-state index contributed by atoms with van der Waals surface area (Å²) in [4.78, 5) is 43.8. The highest BCUT2D eigenvalue weighted by atomic mass is 19.1. The van der Waals surface area contributed by atoms with Gasteiger partial charge in [-0.1, -0.05) is 35.5 Å². The van der Waals surface area contributed by atoms with Crippen molar-refractivity contribution in [2.24, 2.45) is 11.1 Å². The van der Waals surface area contributed by atoms with Crippen molar-refractivity contribution in [2.75, 3.05) is 25.0 Å². The third-order valence-corrected chi connectivity index (χ3v) is 5.69. The molecule has 1 fully saturated rings. The number of nitrogens with zero attached hydrogens (tertiary/aromatic N) is 2. The normalized spacial score (nSPS) is 18.3. The van der Waals surface area contributed by atoms with E-state index < -0.39 is 24.5 Å². The van der Waals surface area contributed by atoms with Crippen molar-refractivity contribution in [2.45, 2.75) is 25.4 Å². The van der Waals surface area contributed by atoms with Gasteiger partial charge < -0.3 is 19.8 Å². The standard InChI is InChI=1S/C24H24FN3O5/c25-18-6-4-5-17(13-18)20-14-21(33-27-20)24(31)32-15-22(29)28-11-9-16(10-12-28)23(30)26-19-7-2-1-3-8-19/h1-8,13,16,21H,9-12,14-15H2,(H,26,30). The minimum atomic E-state index is -0.969. The maximum atomic E-state index is 13.4. The topological polar surface area (TPSA) is 97.3 Å². The summed E-state index contributed by atoms with van der Waals surface area (Å²) in [7, 11) is 0. The van der Waals surface area contributed by atoms with E-state index >= 15 is 0 Å². The third kappa shape index (κ3) is 5.74. The number of oxime groups is 1. The van der Waals surface area contributed by atoms with Gasteiger partial charge in [0.25, 0.3) is 5.91 Å². The van der Waals surface area contributed by atoms with Gasteiger partial charge in [0.1, 0.15) is 5.82 Å². The van der Waals surface area contributed by atoms with Crippen LogP contribution in [0, 0.1) is 11.7 Å². The lowest BCUT2D eigenvalue weighted by Crippen LogP contribution is -2.43. The van der Waals surface area contributed by atoms with Crippen molar-refractivity contribution in [1.29, 1.82) is 0 Å². The third-order valence-electron chi connectivity index (χ3n) is 5.69. The van der Waals surface area contributed by atoms with E-state index in [1.54, 1.807) is 17.0 Å². The molecule has 1 N–H and O–H groups in total.